The average molecular weight is 609 g/mol. The van der Waals surface area contributed by atoms with Crippen LogP contribution in [-0.2, 0) is 11.2 Å². The van der Waals surface area contributed by atoms with Crippen molar-refractivity contribution in [1.29, 1.82) is 0 Å². The minimum atomic E-state index is -0.996. The fourth-order valence-corrected chi connectivity index (χ4v) is 5.01. The molecule has 16 heteroatoms. The molecule has 1 aromatic carbocycles. The van der Waals surface area contributed by atoms with Gasteiger partial charge >= 0.3 is 6.09 Å². The van der Waals surface area contributed by atoms with Crippen molar-refractivity contribution in [1.82, 2.24) is 44.7 Å². The number of amides is 1. The van der Waals surface area contributed by atoms with Gasteiger partial charge in [0.2, 0.25) is 11.9 Å². The molecule has 1 amide bonds. The standard InChI is InChI=1S/C27H23ClF2N10O3/c1-27(2,3)43-26(42)34-19-8-5-14(23(29)33-19)25-35-22(24(30)36-25)18-7-9-20-32-16(11-21(41)40(18)20)15-10-13(28)4-6-17(15)39-12-31-37-38-39/h4-6,8,10-12,18H,7,9H2,1-3H3,(H,35,36)(H,33,34,42)/t18-/m0/s1. The lowest BCUT2D eigenvalue weighted by molar-refractivity contribution is 0.0635. The summed E-state index contributed by atoms with van der Waals surface area (Å²) in [4.78, 5) is 40.5. The predicted octanol–water partition coefficient (Wildman–Crippen LogP) is 4.49. The van der Waals surface area contributed by atoms with Crippen LogP contribution in [-0.4, -0.2) is 56.4 Å². The van der Waals surface area contributed by atoms with Crippen LogP contribution in [0.25, 0.3) is 28.3 Å². The zero-order valence-corrected chi connectivity index (χ0v) is 23.7. The lowest BCUT2D eigenvalue weighted by atomic mass is 10.1. The number of nitrogens with zero attached hydrogens (tertiary/aromatic N) is 8. The molecule has 0 saturated carbocycles. The number of tetrazole rings is 1. The SMILES string of the molecule is CC(C)(C)OC(=O)Nc1ccc(-c2nc(F)c([C@@H]3CCc4nc(-c5cc(Cl)ccc5-n5cnnn5)cc(=O)n43)[nH]2)c(F)n1. The number of anilines is 1. The molecule has 0 fully saturated rings. The van der Waals surface area contributed by atoms with Crippen LogP contribution in [0.2, 0.25) is 5.02 Å². The summed E-state index contributed by atoms with van der Waals surface area (Å²) in [6, 6.07) is 8.24. The number of ether oxygens (including phenoxy) is 1. The second kappa shape index (κ2) is 10.7. The van der Waals surface area contributed by atoms with Crippen LogP contribution in [0.3, 0.4) is 0 Å². The van der Waals surface area contributed by atoms with Gasteiger partial charge in [0, 0.05) is 23.1 Å². The Morgan fingerprint density at radius 1 is 1.09 bits per heavy atom. The first-order valence-corrected chi connectivity index (χ1v) is 13.4. The monoisotopic (exact) mass is 608 g/mol. The van der Waals surface area contributed by atoms with Gasteiger partial charge in [-0.2, -0.15) is 18.4 Å². The van der Waals surface area contributed by atoms with E-state index in [1.54, 1.807) is 39.0 Å². The van der Waals surface area contributed by atoms with Gasteiger partial charge in [-0.05, 0) is 68.0 Å². The zero-order valence-electron chi connectivity index (χ0n) is 23.0. The first kappa shape index (κ1) is 28.1. The van der Waals surface area contributed by atoms with E-state index in [-0.39, 0.29) is 22.9 Å². The Hall–Kier alpha value is -5.05. The van der Waals surface area contributed by atoms with E-state index in [1.165, 1.54) is 33.8 Å². The number of imidazole rings is 1. The molecular formula is C27H23ClF2N10O3. The van der Waals surface area contributed by atoms with Crippen molar-refractivity contribution in [3.05, 3.63) is 81.5 Å². The van der Waals surface area contributed by atoms with E-state index in [1.807, 2.05) is 0 Å². The van der Waals surface area contributed by atoms with Crippen LogP contribution >= 0.6 is 11.6 Å². The Kier molecular flexibility index (Phi) is 6.96. The summed E-state index contributed by atoms with van der Waals surface area (Å²) in [6.07, 6.45) is 1.32. The van der Waals surface area contributed by atoms with Crippen molar-refractivity contribution in [2.24, 2.45) is 0 Å². The Balaban J connectivity index is 1.30. The van der Waals surface area contributed by atoms with Gasteiger partial charge in [-0.25, -0.2) is 14.8 Å². The second-order valence-corrected chi connectivity index (χ2v) is 11.1. The largest absolute Gasteiger partial charge is 0.444 e. The number of fused-ring (bicyclic) bond motifs is 1. The van der Waals surface area contributed by atoms with Crippen molar-refractivity contribution >= 4 is 23.5 Å². The van der Waals surface area contributed by atoms with Crippen LogP contribution in [0.15, 0.2) is 47.5 Å². The number of carbonyl (C=O) groups is 1. The van der Waals surface area contributed by atoms with Gasteiger partial charge in [0.15, 0.2) is 0 Å². The van der Waals surface area contributed by atoms with Crippen LogP contribution in [0.5, 0.6) is 0 Å². The zero-order chi connectivity index (χ0) is 30.5. The van der Waals surface area contributed by atoms with E-state index < -0.39 is 35.2 Å². The molecule has 0 radical (unpaired) electrons. The fraction of sp³-hybridized carbons (Fsp3) is 0.259. The molecule has 5 heterocycles. The highest BCUT2D eigenvalue weighted by Crippen LogP contribution is 2.34. The predicted molar refractivity (Wildman–Crippen MR) is 150 cm³/mol. The molecule has 43 heavy (non-hydrogen) atoms. The Morgan fingerprint density at radius 3 is 2.63 bits per heavy atom. The molecule has 0 aliphatic carbocycles. The Labute approximate surface area is 246 Å². The number of rotatable bonds is 5. The maximum absolute atomic E-state index is 15.2. The van der Waals surface area contributed by atoms with Crippen molar-refractivity contribution < 1.29 is 18.3 Å². The van der Waals surface area contributed by atoms with Gasteiger partial charge in [-0.1, -0.05) is 11.6 Å². The highest BCUT2D eigenvalue weighted by Gasteiger charge is 2.32. The lowest BCUT2D eigenvalue weighted by Crippen LogP contribution is -2.27. The molecule has 1 aliphatic heterocycles. The first-order chi connectivity index (χ1) is 20.5. The number of nitrogens with one attached hydrogen (secondary N) is 2. The number of halogens is 3. The van der Waals surface area contributed by atoms with E-state index in [0.29, 0.717) is 40.6 Å². The molecule has 0 spiro atoms. The van der Waals surface area contributed by atoms with Gasteiger partial charge in [-0.15, -0.1) is 5.10 Å². The highest BCUT2D eigenvalue weighted by atomic mass is 35.5. The summed E-state index contributed by atoms with van der Waals surface area (Å²) in [6.45, 7) is 5.06. The number of aryl methyl sites for hydroxylation is 1. The third kappa shape index (κ3) is 5.58. The molecule has 6 rings (SSSR count). The van der Waals surface area contributed by atoms with Gasteiger partial charge in [0.1, 0.15) is 29.4 Å². The van der Waals surface area contributed by atoms with E-state index in [4.69, 9.17) is 16.3 Å². The number of carbonyl (C=O) groups excluding carboxylic acids is 1. The topological polar surface area (TPSA) is 158 Å². The van der Waals surface area contributed by atoms with Gasteiger partial charge in [-0.3, -0.25) is 14.7 Å². The lowest BCUT2D eigenvalue weighted by Gasteiger charge is -2.19. The molecular weight excluding hydrogens is 586 g/mol. The Bertz CT molecular complexity index is 1920. The summed E-state index contributed by atoms with van der Waals surface area (Å²) in [5.74, 6) is -1.68. The minimum absolute atomic E-state index is 0.00195. The molecule has 13 nitrogen and oxygen atoms in total. The van der Waals surface area contributed by atoms with Crippen LogP contribution in [0, 0.1) is 11.9 Å². The van der Waals surface area contributed by atoms with Crippen molar-refractivity contribution in [3.8, 4) is 28.3 Å². The molecule has 0 unspecified atom stereocenters. The highest BCUT2D eigenvalue weighted by molar-refractivity contribution is 6.31. The molecule has 0 bridgehead atoms. The summed E-state index contributed by atoms with van der Waals surface area (Å²) >= 11 is 6.24. The van der Waals surface area contributed by atoms with Crippen LogP contribution in [0.4, 0.5) is 19.4 Å². The number of H-pyrrole nitrogens is 1. The maximum atomic E-state index is 15.2. The minimum Gasteiger partial charge on any atom is -0.444 e. The first-order valence-electron chi connectivity index (χ1n) is 13.0. The Morgan fingerprint density at radius 2 is 1.91 bits per heavy atom. The van der Waals surface area contributed by atoms with E-state index >= 15 is 4.39 Å². The molecule has 2 N–H and O–H groups in total. The number of hydrogen-bond acceptors (Lipinski definition) is 9. The van der Waals surface area contributed by atoms with Crippen molar-refractivity contribution in [2.75, 3.05) is 5.32 Å². The van der Waals surface area contributed by atoms with Crippen molar-refractivity contribution in [2.45, 2.75) is 45.3 Å². The van der Waals surface area contributed by atoms with E-state index in [0.717, 1.165) is 0 Å². The summed E-state index contributed by atoms with van der Waals surface area (Å²) in [5.41, 5.74) is 0.137. The maximum Gasteiger partial charge on any atom is 0.413 e. The van der Waals surface area contributed by atoms with Crippen molar-refractivity contribution in [3.63, 3.8) is 0 Å². The molecule has 5 aromatic rings. The van der Waals surface area contributed by atoms with Gasteiger partial charge < -0.3 is 9.72 Å². The van der Waals surface area contributed by atoms with Crippen LogP contribution < -0.4 is 10.9 Å². The average Bonchev–Trinajstić information content (AvgIpc) is 3.68. The number of aromatic amines is 1. The van der Waals surface area contributed by atoms with Gasteiger partial charge in [0.05, 0.1) is 28.7 Å². The molecule has 220 valence electrons. The van der Waals surface area contributed by atoms with Crippen LogP contribution in [0.1, 0.15) is 44.8 Å². The second-order valence-electron chi connectivity index (χ2n) is 10.7. The smallest absolute Gasteiger partial charge is 0.413 e. The molecule has 4 aromatic heterocycles. The number of hydrogen-bond donors (Lipinski definition) is 2. The number of pyridine rings is 1. The van der Waals surface area contributed by atoms with Gasteiger partial charge in [0.25, 0.3) is 5.56 Å². The molecule has 1 atom stereocenters. The quantitative estimate of drug-likeness (QED) is 0.274. The summed E-state index contributed by atoms with van der Waals surface area (Å²) < 4.78 is 38.1. The fourth-order valence-electron chi connectivity index (χ4n) is 4.84. The summed E-state index contributed by atoms with van der Waals surface area (Å²) in [5, 5.41) is 14.0. The third-order valence-corrected chi connectivity index (χ3v) is 6.80. The van der Waals surface area contributed by atoms with E-state index in [2.05, 4.69) is 40.8 Å². The third-order valence-electron chi connectivity index (χ3n) is 6.56. The number of benzene rings is 1. The summed E-state index contributed by atoms with van der Waals surface area (Å²) in [7, 11) is 0. The normalized spacial score (nSPS) is 14.5. The molecule has 1 aliphatic rings. The van der Waals surface area contributed by atoms with E-state index in [9.17, 15) is 14.0 Å². The molecule has 0 saturated heterocycles. The number of aromatic nitrogens is 9.